The number of sulfonamides is 1. The zero-order valence-corrected chi connectivity index (χ0v) is 15.3. The number of hydrogen-bond donors (Lipinski definition) is 1. The Balaban J connectivity index is 1.78. The third kappa shape index (κ3) is 4.15. The van der Waals surface area contributed by atoms with Crippen LogP contribution in [0.1, 0.15) is 5.56 Å². The van der Waals surface area contributed by atoms with Crippen LogP contribution in [-0.4, -0.2) is 15.5 Å². The predicted molar refractivity (Wildman–Crippen MR) is 101 cm³/mol. The number of ether oxygens (including phenoxy) is 2. The van der Waals surface area contributed by atoms with Gasteiger partial charge < -0.3 is 9.47 Å². The zero-order chi connectivity index (χ0) is 18.6. The van der Waals surface area contributed by atoms with Gasteiger partial charge in [0.25, 0.3) is 10.0 Å². The third-order valence-electron chi connectivity index (χ3n) is 3.70. The smallest absolute Gasteiger partial charge is 0.261 e. The normalized spacial score (nSPS) is 11.0. The van der Waals surface area contributed by atoms with Gasteiger partial charge in [0.15, 0.2) is 11.5 Å². The van der Waals surface area contributed by atoms with Crippen molar-refractivity contribution >= 4 is 15.7 Å². The molecule has 0 saturated heterocycles. The second-order valence-electron chi connectivity index (χ2n) is 5.70. The van der Waals surface area contributed by atoms with Crippen molar-refractivity contribution in [2.45, 2.75) is 11.8 Å². The summed E-state index contributed by atoms with van der Waals surface area (Å²) < 4.78 is 38.6. The van der Waals surface area contributed by atoms with Crippen molar-refractivity contribution in [1.29, 1.82) is 0 Å². The van der Waals surface area contributed by atoms with E-state index in [1.807, 2.05) is 25.1 Å². The highest BCUT2D eigenvalue weighted by atomic mass is 32.2. The Kier molecular flexibility index (Phi) is 5.14. The van der Waals surface area contributed by atoms with Gasteiger partial charge in [-0.3, -0.25) is 4.72 Å². The number of rotatable bonds is 6. The molecule has 0 bridgehead atoms. The van der Waals surface area contributed by atoms with Crippen molar-refractivity contribution in [2.75, 3.05) is 11.8 Å². The lowest BCUT2D eigenvalue weighted by molar-refractivity contribution is 0.379. The van der Waals surface area contributed by atoms with E-state index in [0.717, 1.165) is 5.56 Å². The van der Waals surface area contributed by atoms with Crippen LogP contribution in [0.4, 0.5) is 5.69 Å². The summed E-state index contributed by atoms with van der Waals surface area (Å²) in [6, 6.07) is 20.7. The van der Waals surface area contributed by atoms with E-state index < -0.39 is 10.0 Å². The Labute approximate surface area is 153 Å². The van der Waals surface area contributed by atoms with E-state index in [0.29, 0.717) is 22.9 Å². The average Bonchev–Trinajstić information content (AvgIpc) is 2.62. The minimum Gasteiger partial charge on any atom is -0.493 e. The first kappa shape index (κ1) is 17.8. The molecule has 26 heavy (non-hydrogen) atoms. The molecule has 1 N–H and O–H groups in total. The molecule has 0 heterocycles. The first-order valence-electron chi connectivity index (χ1n) is 7.98. The molecule has 6 heteroatoms. The second kappa shape index (κ2) is 7.49. The maximum atomic E-state index is 12.5. The quantitative estimate of drug-likeness (QED) is 0.690. The fourth-order valence-corrected chi connectivity index (χ4v) is 3.49. The third-order valence-corrected chi connectivity index (χ3v) is 5.10. The molecule has 0 saturated carbocycles. The molecule has 3 rings (SSSR count). The fourth-order valence-electron chi connectivity index (χ4n) is 2.44. The molecule has 0 amide bonds. The standard InChI is InChI=1S/C20H19NO4S/c1-15-6-5-7-16(14-15)21-26(22,23)18-12-10-17(11-13-18)25-20-9-4-3-8-19(20)24-2/h3-14,21H,1-2H3. The summed E-state index contributed by atoms with van der Waals surface area (Å²) in [5.74, 6) is 1.68. The van der Waals surface area contributed by atoms with Gasteiger partial charge in [-0.15, -0.1) is 0 Å². The number of nitrogens with one attached hydrogen (secondary N) is 1. The molecule has 134 valence electrons. The maximum absolute atomic E-state index is 12.5. The molecule has 0 aliphatic heterocycles. The largest absolute Gasteiger partial charge is 0.493 e. The van der Waals surface area contributed by atoms with Gasteiger partial charge in [-0.25, -0.2) is 8.42 Å². The van der Waals surface area contributed by atoms with Crippen LogP contribution < -0.4 is 14.2 Å². The van der Waals surface area contributed by atoms with E-state index in [2.05, 4.69) is 4.72 Å². The second-order valence-corrected chi connectivity index (χ2v) is 7.38. The number of hydrogen-bond acceptors (Lipinski definition) is 4. The molecule has 0 aromatic heterocycles. The minimum atomic E-state index is -3.66. The first-order chi connectivity index (χ1) is 12.5. The highest BCUT2D eigenvalue weighted by molar-refractivity contribution is 7.92. The predicted octanol–water partition coefficient (Wildman–Crippen LogP) is 4.60. The highest BCUT2D eigenvalue weighted by Crippen LogP contribution is 2.31. The number of aryl methyl sites for hydroxylation is 1. The van der Waals surface area contributed by atoms with Gasteiger partial charge in [0, 0.05) is 5.69 Å². The van der Waals surface area contributed by atoms with Crippen LogP contribution in [0.5, 0.6) is 17.2 Å². The van der Waals surface area contributed by atoms with Gasteiger partial charge in [-0.05, 0) is 61.0 Å². The minimum absolute atomic E-state index is 0.159. The van der Waals surface area contributed by atoms with Crippen molar-refractivity contribution in [3.05, 3.63) is 78.4 Å². The Hall–Kier alpha value is -2.99. The van der Waals surface area contributed by atoms with Gasteiger partial charge in [-0.1, -0.05) is 24.3 Å². The van der Waals surface area contributed by atoms with Crippen molar-refractivity contribution in [2.24, 2.45) is 0 Å². The molecule has 5 nitrogen and oxygen atoms in total. The molecule has 3 aromatic rings. The van der Waals surface area contributed by atoms with Crippen molar-refractivity contribution < 1.29 is 17.9 Å². The lowest BCUT2D eigenvalue weighted by Crippen LogP contribution is -2.12. The fraction of sp³-hybridized carbons (Fsp3) is 0.100. The maximum Gasteiger partial charge on any atom is 0.261 e. The van der Waals surface area contributed by atoms with Gasteiger partial charge in [0.05, 0.1) is 12.0 Å². The van der Waals surface area contributed by atoms with Crippen molar-refractivity contribution in [1.82, 2.24) is 0 Å². The summed E-state index contributed by atoms with van der Waals surface area (Å²) >= 11 is 0. The first-order valence-corrected chi connectivity index (χ1v) is 9.47. The monoisotopic (exact) mass is 369 g/mol. The van der Waals surface area contributed by atoms with E-state index in [-0.39, 0.29) is 4.90 Å². The molecule has 0 unspecified atom stereocenters. The van der Waals surface area contributed by atoms with Crippen LogP contribution >= 0.6 is 0 Å². The number of benzene rings is 3. The van der Waals surface area contributed by atoms with E-state index in [1.165, 1.54) is 12.1 Å². The van der Waals surface area contributed by atoms with Gasteiger partial charge in [-0.2, -0.15) is 0 Å². The highest BCUT2D eigenvalue weighted by Gasteiger charge is 2.14. The van der Waals surface area contributed by atoms with Crippen LogP contribution in [0.3, 0.4) is 0 Å². The zero-order valence-electron chi connectivity index (χ0n) is 14.5. The van der Waals surface area contributed by atoms with Crippen LogP contribution in [0, 0.1) is 6.92 Å². The van der Waals surface area contributed by atoms with Crippen LogP contribution in [-0.2, 0) is 10.0 Å². The number of para-hydroxylation sites is 2. The summed E-state index contributed by atoms with van der Waals surface area (Å²) in [5, 5.41) is 0. The summed E-state index contributed by atoms with van der Waals surface area (Å²) in [7, 11) is -2.10. The van der Waals surface area contributed by atoms with E-state index in [9.17, 15) is 8.42 Å². The SMILES string of the molecule is COc1ccccc1Oc1ccc(S(=O)(=O)Nc2cccc(C)c2)cc1. The van der Waals surface area contributed by atoms with E-state index in [1.54, 1.807) is 49.6 Å². The molecule has 0 aliphatic carbocycles. The Bertz CT molecular complexity index is 998. The molecule has 0 radical (unpaired) electrons. The Morgan fingerprint density at radius 3 is 2.19 bits per heavy atom. The van der Waals surface area contributed by atoms with Gasteiger partial charge in [0.1, 0.15) is 5.75 Å². The Morgan fingerprint density at radius 2 is 1.54 bits per heavy atom. The average molecular weight is 369 g/mol. The lowest BCUT2D eigenvalue weighted by atomic mass is 10.2. The van der Waals surface area contributed by atoms with Crippen molar-refractivity contribution in [3.8, 4) is 17.2 Å². The van der Waals surface area contributed by atoms with E-state index >= 15 is 0 Å². The number of anilines is 1. The van der Waals surface area contributed by atoms with Crippen LogP contribution in [0.15, 0.2) is 77.7 Å². The lowest BCUT2D eigenvalue weighted by Gasteiger charge is -2.11. The summed E-state index contributed by atoms with van der Waals surface area (Å²) in [6.07, 6.45) is 0. The molecular weight excluding hydrogens is 350 g/mol. The summed E-state index contributed by atoms with van der Waals surface area (Å²) in [6.45, 7) is 1.90. The molecule has 0 fully saturated rings. The Morgan fingerprint density at radius 1 is 0.846 bits per heavy atom. The molecule has 3 aromatic carbocycles. The molecule has 0 aliphatic rings. The van der Waals surface area contributed by atoms with Gasteiger partial charge >= 0.3 is 0 Å². The van der Waals surface area contributed by atoms with Gasteiger partial charge in [0.2, 0.25) is 0 Å². The van der Waals surface area contributed by atoms with Crippen LogP contribution in [0.2, 0.25) is 0 Å². The van der Waals surface area contributed by atoms with E-state index in [4.69, 9.17) is 9.47 Å². The molecule has 0 atom stereocenters. The summed E-state index contributed by atoms with van der Waals surface area (Å²) in [4.78, 5) is 0.159. The topological polar surface area (TPSA) is 64.6 Å². The van der Waals surface area contributed by atoms with Crippen molar-refractivity contribution in [3.63, 3.8) is 0 Å². The summed E-state index contributed by atoms with van der Waals surface area (Å²) in [5.41, 5.74) is 1.50. The molecular formula is C20H19NO4S. The number of methoxy groups -OCH3 is 1. The van der Waals surface area contributed by atoms with Crippen LogP contribution in [0.25, 0.3) is 0 Å². The molecule has 0 spiro atoms.